The molecule has 0 aromatic heterocycles. The summed E-state index contributed by atoms with van der Waals surface area (Å²) in [7, 11) is 0. The minimum absolute atomic E-state index is 0.110. The van der Waals surface area contributed by atoms with Crippen LogP contribution in [0.1, 0.15) is 105 Å². The number of carbonyl (C=O) groups excluding carboxylic acids is 2. The molecule has 2 unspecified atom stereocenters. The normalized spacial score (nSPS) is 12.4. The highest BCUT2D eigenvalue weighted by Crippen LogP contribution is 2.22. The molecule has 41 heavy (non-hydrogen) atoms. The fourth-order valence-electron chi connectivity index (χ4n) is 4.62. The van der Waals surface area contributed by atoms with Crippen molar-refractivity contribution in [3.05, 3.63) is 89.5 Å². The molecular formula is C36H46O5. The van der Waals surface area contributed by atoms with E-state index in [-0.39, 0.29) is 5.78 Å². The van der Waals surface area contributed by atoms with Gasteiger partial charge in [-0.15, -0.1) is 0 Å². The third kappa shape index (κ3) is 10.4. The van der Waals surface area contributed by atoms with Crippen LogP contribution in [0, 0.1) is 11.8 Å². The highest BCUT2D eigenvalue weighted by atomic mass is 16.5. The van der Waals surface area contributed by atoms with Crippen LogP contribution in [0.4, 0.5) is 0 Å². The van der Waals surface area contributed by atoms with Crippen molar-refractivity contribution in [1.29, 1.82) is 0 Å². The molecule has 0 radical (unpaired) electrons. The number of benzene rings is 3. The van der Waals surface area contributed by atoms with E-state index < -0.39 is 5.97 Å². The number of esters is 1. The van der Waals surface area contributed by atoms with Crippen molar-refractivity contribution in [2.45, 2.75) is 79.1 Å². The van der Waals surface area contributed by atoms with E-state index in [4.69, 9.17) is 14.2 Å². The minimum atomic E-state index is -0.478. The highest BCUT2D eigenvalue weighted by molar-refractivity contribution is 6.09. The van der Waals surface area contributed by atoms with E-state index >= 15 is 0 Å². The third-order valence-corrected chi connectivity index (χ3v) is 7.59. The van der Waals surface area contributed by atoms with Crippen LogP contribution in [-0.4, -0.2) is 25.0 Å². The Kier molecular flexibility index (Phi) is 13.4. The minimum Gasteiger partial charge on any atom is -0.493 e. The summed E-state index contributed by atoms with van der Waals surface area (Å²) in [5.41, 5.74) is 1.45. The van der Waals surface area contributed by atoms with Crippen LogP contribution < -0.4 is 14.2 Å². The van der Waals surface area contributed by atoms with Gasteiger partial charge in [-0.3, -0.25) is 4.79 Å². The molecule has 0 aliphatic heterocycles. The average Bonchev–Trinajstić information content (AvgIpc) is 3.02. The number of hydrogen-bond donors (Lipinski definition) is 0. The van der Waals surface area contributed by atoms with Crippen molar-refractivity contribution in [2.24, 2.45) is 11.8 Å². The number of ether oxygens (including phenoxy) is 3. The molecule has 0 amide bonds. The Morgan fingerprint density at radius 2 is 0.951 bits per heavy atom. The summed E-state index contributed by atoms with van der Waals surface area (Å²) < 4.78 is 17.4. The summed E-state index contributed by atoms with van der Waals surface area (Å²) in [5, 5.41) is 0. The number of carbonyl (C=O) groups is 2. The highest BCUT2D eigenvalue weighted by Gasteiger charge is 2.14. The molecule has 0 saturated carbocycles. The van der Waals surface area contributed by atoms with Gasteiger partial charge in [0.2, 0.25) is 0 Å². The summed E-state index contributed by atoms with van der Waals surface area (Å²) in [4.78, 5) is 25.7. The predicted octanol–water partition coefficient (Wildman–Crippen LogP) is 9.33. The van der Waals surface area contributed by atoms with Gasteiger partial charge in [-0.25, -0.2) is 4.79 Å². The van der Waals surface area contributed by atoms with Crippen molar-refractivity contribution < 1.29 is 23.8 Å². The topological polar surface area (TPSA) is 61.8 Å². The maximum Gasteiger partial charge on any atom is 0.343 e. The van der Waals surface area contributed by atoms with Gasteiger partial charge in [0.05, 0.1) is 18.8 Å². The molecule has 2 atom stereocenters. The van der Waals surface area contributed by atoms with Gasteiger partial charge < -0.3 is 14.2 Å². The second kappa shape index (κ2) is 17.3. The second-order valence-corrected chi connectivity index (χ2v) is 10.7. The molecular weight excluding hydrogens is 512 g/mol. The van der Waals surface area contributed by atoms with Gasteiger partial charge >= 0.3 is 5.97 Å². The molecule has 0 aliphatic carbocycles. The van der Waals surface area contributed by atoms with E-state index in [0.717, 1.165) is 24.3 Å². The van der Waals surface area contributed by atoms with E-state index in [2.05, 4.69) is 27.7 Å². The molecule has 0 heterocycles. The maximum atomic E-state index is 13.0. The molecule has 3 aromatic carbocycles. The Bertz CT molecular complexity index is 1180. The monoisotopic (exact) mass is 558 g/mol. The average molecular weight is 559 g/mol. The zero-order chi connectivity index (χ0) is 29.5. The van der Waals surface area contributed by atoms with Crippen LogP contribution in [0.2, 0.25) is 0 Å². The van der Waals surface area contributed by atoms with Crippen LogP contribution in [-0.2, 0) is 0 Å². The smallest absolute Gasteiger partial charge is 0.343 e. The molecule has 5 nitrogen and oxygen atoms in total. The molecule has 5 heteroatoms. The van der Waals surface area contributed by atoms with E-state index in [1.165, 1.54) is 38.5 Å². The summed E-state index contributed by atoms with van der Waals surface area (Å²) in [6.07, 6.45) is 9.36. The lowest BCUT2D eigenvalue weighted by molar-refractivity contribution is 0.0734. The van der Waals surface area contributed by atoms with Crippen molar-refractivity contribution in [2.75, 3.05) is 13.2 Å². The molecule has 0 spiro atoms. The summed E-state index contributed by atoms with van der Waals surface area (Å²) in [6.45, 7) is 10.2. The van der Waals surface area contributed by atoms with Gasteiger partial charge in [-0.05, 0) is 85.3 Å². The standard InChI is InChI=1S/C36H46O5/c1-5-9-11-27(7-3)25-39-32-19-17-30(18-20-32)35(37)29-13-15-31(16-14-29)36(38)41-34-23-21-33(22-24-34)40-26-28(8-4)12-10-6-2/h13-24,27-28H,5-12,25-26H2,1-4H3. The number of rotatable bonds is 18. The van der Waals surface area contributed by atoms with Gasteiger partial charge in [0.25, 0.3) is 0 Å². The summed E-state index contributed by atoms with van der Waals surface area (Å²) >= 11 is 0. The molecule has 0 N–H and O–H groups in total. The first-order valence-electron chi connectivity index (χ1n) is 15.3. The van der Waals surface area contributed by atoms with E-state index in [1.807, 2.05) is 24.3 Å². The lowest BCUT2D eigenvalue weighted by Gasteiger charge is -2.15. The molecule has 0 saturated heterocycles. The molecule has 0 fully saturated rings. The predicted molar refractivity (Wildman–Crippen MR) is 165 cm³/mol. The van der Waals surface area contributed by atoms with E-state index in [1.54, 1.807) is 48.5 Å². The van der Waals surface area contributed by atoms with Crippen molar-refractivity contribution in [1.82, 2.24) is 0 Å². The summed E-state index contributed by atoms with van der Waals surface area (Å²) in [6, 6.07) is 20.9. The Labute approximate surface area is 246 Å². The quantitative estimate of drug-likeness (QED) is 0.0884. The number of ketones is 1. The first kappa shape index (κ1) is 31.9. The Morgan fingerprint density at radius 1 is 0.561 bits per heavy atom. The largest absolute Gasteiger partial charge is 0.493 e. The van der Waals surface area contributed by atoms with Crippen molar-refractivity contribution in [3.63, 3.8) is 0 Å². The van der Waals surface area contributed by atoms with Crippen molar-refractivity contribution in [3.8, 4) is 17.2 Å². The zero-order valence-corrected chi connectivity index (χ0v) is 25.2. The van der Waals surface area contributed by atoms with Gasteiger partial charge in [-0.2, -0.15) is 0 Å². The zero-order valence-electron chi connectivity index (χ0n) is 25.2. The van der Waals surface area contributed by atoms with Crippen LogP contribution in [0.15, 0.2) is 72.8 Å². The lowest BCUT2D eigenvalue weighted by atomic mass is 10.0. The first-order valence-corrected chi connectivity index (χ1v) is 15.3. The third-order valence-electron chi connectivity index (χ3n) is 7.59. The van der Waals surface area contributed by atoms with Crippen LogP contribution in [0.5, 0.6) is 17.2 Å². The van der Waals surface area contributed by atoms with Crippen LogP contribution >= 0.6 is 0 Å². The Morgan fingerprint density at radius 3 is 1.39 bits per heavy atom. The number of unbranched alkanes of at least 4 members (excludes halogenated alkanes) is 2. The molecule has 0 bridgehead atoms. The van der Waals surface area contributed by atoms with E-state index in [0.29, 0.717) is 47.5 Å². The molecule has 3 rings (SSSR count). The fraction of sp³-hybridized carbons (Fsp3) is 0.444. The maximum absolute atomic E-state index is 13.0. The SMILES string of the molecule is CCCCC(CC)COc1ccc(OC(=O)c2ccc(C(=O)c3ccc(OCC(CC)CCCC)cc3)cc2)cc1. The number of hydrogen-bond acceptors (Lipinski definition) is 5. The van der Waals surface area contributed by atoms with Gasteiger partial charge in [0.15, 0.2) is 5.78 Å². The first-order chi connectivity index (χ1) is 20.0. The Balaban J connectivity index is 1.50. The molecule has 3 aromatic rings. The Hall–Kier alpha value is -3.60. The van der Waals surface area contributed by atoms with E-state index in [9.17, 15) is 9.59 Å². The van der Waals surface area contributed by atoms with Gasteiger partial charge in [0.1, 0.15) is 17.2 Å². The van der Waals surface area contributed by atoms with Crippen molar-refractivity contribution >= 4 is 11.8 Å². The summed E-state index contributed by atoms with van der Waals surface area (Å²) in [5.74, 6) is 2.49. The van der Waals surface area contributed by atoms with Crippen LogP contribution in [0.25, 0.3) is 0 Å². The second-order valence-electron chi connectivity index (χ2n) is 10.7. The fourth-order valence-corrected chi connectivity index (χ4v) is 4.62. The molecule has 0 aliphatic rings. The van der Waals surface area contributed by atoms with Gasteiger partial charge in [0, 0.05) is 11.1 Å². The van der Waals surface area contributed by atoms with Crippen LogP contribution in [0.3, 0.4) is 0 Å². The van der Waals surface area contributed by atoms with Gasteiger partial charge in [-0.1, -0.05) is 78.4 Å². The lowest BCUT2D eigenvalue weighted by Crippen LogP contribution is -2.11. The molecule has 220 valence electrons.